The minimum atomic E-state index is 1.08. The number of hydrogen-bond donors (Lipinski definition) is 0. The maximum atomic E-state index is 2.39. The molecule has 73 heavy (non-hydrogen) atoms. The largest absolute Gasteiger partial charge is 0.311 e. The smallest absolute Gasteiger partial charge is 0.0541 e. The average Bonchev–Trinajstić information content (AvgIpc) is 3.99. The van der Waals surface area contributed by atoms with Crippen LogP contribution in [0.1, 0.15) is 0 Å². The Morgan fingerprint density at radius 2 is 0.548 bits per heavy atom. The first-order chi connectivity index (χ1) is 36.2. The summed E-state index contributed by atoms with van der Waals surface area (Å²) in [6.45, 7) is 0. The Balaban J connectivity index is 0.829. The van der Waals surface area contributed by atoms with Crippen LogP contribution in [0.4, 0.5) is 17.1 Å². The molecule has 342 valence electrons. The minimum absolute atomic E-state index is 1.08. The van der Waals surface area contributed by atoms with Crippen molar-refractivity contribution in [2.24, 2.45) is 0 Å². The van der Waals surface area contributed by atoms with E-state index >= 15 is 0 Å². The highest BCUT2D eigenvalue weighted by atomic mass is 15.1. The van der Waals surface area contributed by atoms with Crippen LogP contribution in [0.15, 0.2) is 285 Å². The van der Waals surface area contributed by atoms with E-state index in [0.29, 0.717) is 0 Å². The van der Waals surface area contributed by atoms with Gasteiger partial charge in [0.1, 0.15) is 0 Å². The fourth-order valence-electron chi connectivity index (χ4n) is 11.3. The molecule has 0 aliphatic rings. The van der Waals surface area contributed by atoms with Gasteiger partial charge >= 0.3 is 0 Å². The van der Waals surface area contributed by atoms with Crippen LogP contribution in [0.2, 0.25) is 0 Å². The number of para-hydroxylation sites is 4. The maximum absolute atomic E-state index is 2.39. The molecule has 0 spiro atoms. The number of benzene rings is 12. The maximum Gasteiger partial charge on any atom is 0.0541 e. The molecule has 0 bridgehead atoms. The second kappa shape index (κ2) is 17.6. The van der Waals surface area contributed by atoms with Crippen molar-refractivity contribution < 1.29 is 0 Å². The summed E-state index contributed by atoms with van der Waals surface area (Å²) < 4.78 is 4.77. The van der Waals surface area contributed by atoms with Gasteiger partial charge in [0, 0.05) is 50.0 Å². The molecule has 3 heteroatoms. The Morgan fingerprint density at radius 1 is 0.219 bits per heavy atom. The lowest BCUT2D eigenvalue weighted by atomic mass is 9.95. The summed E-state index contributed by atoms with van der Waals surface area (Å²) in [5, 5.41) is 7.55. The summed E-state index contributed by atoms with van der Waals surface area (Å²) in [6.07, 6.45) is 0. The summed E-state index contributed by atoms with van der Waals surface area (Å²) in [4.78, 5) is 2.37. The van der Waals surface area contributed by atoms with Crippen LogP contribution in [0, 0.1) is 0 Å². The van der Waals surface area contributed by atoms with E-state index in [1.54, 1.807) is 0 Å². The van der Waals surface area contributed by atoms with Crippen molar-refractivity contribution in [1.82, 2.24) is 9.13 Å². The zero-order valence-electron chi connectivity index (χ0n) is 40.0. The van der Waals surface area contributed by atoms with Crippen LogP contribution < -0.4 is 4.90 Å². The van der Waals surface area contributed by atoms with E-state index < -0.39 is 0 Å². The van der Waals surface area contributed by atoms with E-state index in [4.69, 9.17) is 0 Å². The van der Waals surface area contributed by atoms with E-state index in [9.17, 15) is 0 Å². The lowest BCUT2D eigenvalue weighted by Crippen LogP contribution is -2.09. The third-order valence-corrected chi connectivity index (χ3v) is 14.7. The standard InChI is InChI=1S/C70H47N3/c1-2-23-61-51(15-1)16-14-28-62(61)55-20-11-17-52(45-55)48-33-39-56(40-34-48)71(57-41-35-49(36-42-57)53-18-12-21-59(46-53)72-67-29-7-3-24-63(67)64-25-4-8-30-68(64)72)58-43-37-50(38-44-58)54-19-13-22-60(47-54)73-69-31-9-5-26-65(69)66-27-6-10-32-70(66)73/h1-47H. The topological polar surface area (TPSA) is 13.1 Å². The zero-order valence-corrected chi connectivity index (χ0v) is 40.0. The highest BCUT2D eigenvalue weighted by Crippen LogP contribution is 2.41. The highest BCUT2D eigenvalue weighted by Gasteiger charge is 2.17. The van der Waals surface area contributed by atoms with E-state index in [0.717, 1.165) is 39.6 Å². The minimum Gasteiger partial charge on any atom is -0.311 e. The number of rotatable bonds is 9. The first-order valence-electron chi connectivity index (χ1n) is 25.1. The molecule has 0 amide bonds. The predicted molar refractivity (Wildman–Crippen MR) is 309 cm³/mol. The average molecular weight is 930 g/mol. The van der Waals surface area contributed by atoms with Crippen LogP contribution in [0.3, 0.4) is 0 Å². The van der Waals surface area contributed by atoms with Crippen molar-refractivity contribution in [3.8, 4) is 55.9 Å². The normalized spacial score (nSPS) is 11.6. The van der Waals surface area contributed by atoms with Crippen molar-refractivity contribution in [1.29, 1.82) is 0 Å². The van der Waals surface area contributed by atoms with Gasteiger partial charge in [0.05, 0.1) is 22.1 Å². The molecule has 2 heterocycles. The van der Waals surface area contributed by atoms with Gasteiger partial charge in [0.2, 0.25) is 0 Å². The molecule has 0 unspecified atom stereocenters. The molecule has 0 radical (unpaired) electrons. The summed E-state index contributed by atoms with van der Waals surface area (Å²) in [5.41, 5.74) is 19.8. The molecule has 14 aromatic rings. The molecule has 14 rings (SSSR count). The first kappa shape index (κ1) is 42.2. The Hall–Kier alpha value is -9.70. The molecule has 0 aliphatic carbocycles. The zero-order chi connectivity index (χ0) is 48.2. The number of anilines is 3. The van der Waals surface area contributed by atoms with Gasteiger partial charge in [-0.2, -0.15) is 0 Å². The summed E-state index contributed by atoms with van der Waals surface area (Å²) in [5.74, 6) is 0. The van der Waals surface area contributed by atoms with E-state index in [1.807, 2.05) is 0 Å². The van der Waals surface area contributed by atoms with Gasteiger partial charge in [-0.3, -0.25) is 0 Å². The van der Waals surface area contributed by atoms with Crippen LogP contribution in [-0.4, -0.2) is 9.13 Å². The lowest BCUT2D eigenvalue weighted by Gasteiger charge is -2.26. The third-order valence-electron chi connectivity index (χ3n) is 14.7. The lowest BCUT2D eigenvalue weighted by molar-refractivity contribution is 1.18. The molecular formula is C70H47N3. The second-order valence-electron chi connectivity index (χ2n) is 18.9. The van der Waals surface area contributed by atoms with Crippen LogP contribution >= 0.6 is 0 Å². The molecule has 3 nitrogen and oxygen atoms in total. The van der Waals surface area contributed by atoms with Gasteiger partial charge in [0.25, 0.3) is 0 Å². The van der Waals surface area contributed by atoms with Crippen LogP contribution in [-0.2, 0) is 0 Å². The molecule has 2 aromatic heterocycles. The Kier molecular flexibility index (Phi) is 10.2. The van der Waals surface area contributed by atoms with Crippen molar-refractivity contribution in [3.05, 3.63) is 285 Å². The van der Waals surface area contributed by atoms with Gasteiger partial charge in [0.15, 0.2) is 0 Å². The summed E-state index contributed by atoms with van der Waals surface area (Å²) in [6, 6.07) is 104. The van der Waals surface area contributed by atoms with Crippen molar-refractivity contribution in [2.75, 3.05) is 4.90 Å². The van der Waals surface area contributed by atoms with Crippen molar-refractivity contribution >= 4 is 71.4 Å². The fraction of sp³-hybridized carbons (Fsp3) is 0. The molecular weight excluding hydrogens is 883 g/mol. The van der Waals surface area contributed by atoms with E-state index in [2.05, 4.69) is 299 Å². The number of nitrogens with zero attached hydrogens (tertiary/aromatic N) is 3. The Bertz CT molecular complexity index is 4050. The fourth-order valence-corrected chi connectivity index (χ4v) is 11.3. The van der Waals surface area contributed by atoms with E-state index in [-0.39, 0.29) is 0 Å². The van der Waals surface area contributed by atoms with Crippen molar-refractivity contribution in [3.63, 3.8) is 0 Å². The molecule has 0 saturated heterocycles. The van der Waals surface area contributed by atoms with Crippen LogP contribution in [0.25, 0.3) is 110 Å². The quantitative estimate of drug-likeness (QED) is 0.141. The molecule has 0 N–H and O–H groups in total. The van der Waals surface area contributed by atoms with Gasteiger partial charge in [-0.05, 0) is 146 Å². The monoisotopic (exact) mass is 929 g/mol. The van der Waals surface area contributed by atoms with Gasteiger partial charge in [-0.15, -0.1) is 0 Å². The van der Waals surface area contributed by atoms with Gasteiger partial charge in [-0.1, -0.05) is 194 Å². The highest BCUT2D eigenvalue weighted by molar-refractivity contribution is 6.10. The Morgan fingerprint density at radius 3 is 0.986 bits per heavy atom. The number of aromatic nitrogens is 2. The molecule has 0 saturated carbocycles. The third kappa shape index (κ3) is 7.37. The second-order valence-corrected chi connectivity index (χ2v) is 18.9. The first-order valence-corrected chi connectivity index (χ1v) is 25.1. The summed E-state index contributed by atoms with van der Waals surface area (Å²) >= 11 is 0. The molecule has 0 aliphatic heterocycles. The van der Waals surface area contributed by atoms with Crippen LogP contribution in [0.5, 0.6) is 0 Å². The molecule has 0 atom stereocenters. The molecule has 0 fully saturated rings. The predicted octanol–water partition coefficient (Wildman–Crippen LogP) is 19.2. The van der Waals surface area contributed by atoms with Gasteiger partial charge in [-0.25, -0.2) is 0 Å². The summed E-state index contributed by atoms with van der Waals surface area (Å²) in [7, 11) is 0. The van der Waals surface area contributed by atoms with E-state index in [1.165, 1.54) is 87.8 Å². The SMILES string of the molecule is c1cc(-c2ccc(N(c3ccc(-c4cccc(-n5c6ccccc6c6ccccc65)c4)cc3)c3ccc(-c4cccc(-n5c6ccccc6c6ccccc65)c4)cc3)cc2)cc(-c2cccc3ccccc23)c1. The number of hydrogen-bond acceptors (Lipinski definition) is 1. The Labute approximate surface area is 424 Å². The van der Waals surface area contributed by atoms with Gasteiger partial charge < -0.3 is 14.0 Å². The molecule has 12 aromatic carbocycles. The number of fused-ring (bicyclic) bond motifs is 7. The van der Waals surface area contributed by atoms with Crippen molar-refractivity contribution in [2.45, 2.75) is 0 Å².